The molecule has 0 fully saturated rings. The Labute approximate surface area is 145 Å². The Morgan fingerprint density at radius 3 is 2.72 bits per heavy atom. The van der Waals surface area contributed by atoms with Crippen molar-refractivity contribution in [2.45, 2.75) is 26.8 Å². The zero-order valence-corrected chi connectivity index (χ0v) is 14.4. The minimum Gasteiger partial charge on any atom is -0.462 e. The molecule has 0 aliphatic carbocycles. The number of hydrazine groups is 1. The zero-order valence-electron chi connectivity index (χ0n) is 14.4. The number of hydrogen-bond acceptors (Lipinski definition) is 7. The minimum absolute atomic E-state index is 0.133. The normalized spacial score (nSPS) is 12.2. The van der Waals surface area contributed by atoms with E-state index in [2.05, 4.69) is 20.7 Å². The molecular weight excluding hydrogens is 320 g/mol. The molecule has 2 heterocycles. The lowest BCUT2D eigenvalue weighted by molar-refractivity contribution is 0.0526. The summed E-state index contributed by atoms with van der Waals surface area (Å²) < 4.78 is 6.90. The number of nitrogens with one attached hydrogen (secondary N) is 1. The fourth-order valence-corrected chi connectivity index (χ4v) is 2.83. The lowest BCUT2D eigenvalue weighted by Crippen LogP contribution is -2.16. The quantitative estimate of drug-likeness (QED) is 0.416. The molecule has 1 aromatic carbocycles. The lowest BCUT2D eigenvalue weighted by Gasteiger charge is -2.16. The summed E-state index contributed by atoms with van der Waals surface area (Å²) in [5, 5.41) is 8.43. The predicted octanol–water partition coefficient (Wildman–Crippen LogP) is 2.21. The summed E-state index contributed by atoms with van der Waals surface area (Å²) in [6.45, 7) is 5.75. The molecule has 0 aliphatic heterocycles. The molecule has 3 rings (SSSR count). The van der Waals surface area contributed by atoms with Gasteiger partial charge in [-0.2, -0.15) is 0 Å². The van der Waals surface area contributed by atoms with Crippen LogP contribution in [0.2, 0.25) is 0 Å². The van der Waals surface area contributed by atoms with Crippen LogP contribution < -0.4 is 11.3 Å². The molecule has 0 radical (unpaired) electrons. The first-order valence-corrected chi connectivity index (χ1v) is 8.02. The van der Waals surface area contributed by atoms with Crippen LogP contribution in [0.25, 0.3) is 11.0 Å². The van der Waals surface area contributed by atoms with Crippen molar-refractivity contribution < 1.29 is 9.53 Å². The highest BCUT2D eigenvalue weighted by molar-refractivity contribution is 6.05. The van der Waals surface area contributed by atoms with Gasteiger partial charge in [-0.05, 0) is 26.3 Å². The van der Waals surface area contributed by atoms with Gasteiger partial charge in [-0.15, -0.1) is 5.10 Å². The van der Waals surface area contributed by atoms with Gasteiger partial charge in [0, 0.05) is 0 Å². The first-order chi connectivity index (χ1) is 12.1. The van der Waals surface area contributed by atoms with Gasteiger partial charge in [-0.3, -0.25) is 0 Å². The Kier molecular flexibility index (Phi) is 4.62. The molecular formula is C17H20N6O2. The van der Waals surface area contributed by atoms with Crippen molar-refractivity contribution in [1.29, 1.82) is 0 Å². The van der Waals surface area contributed by atoms with Crippen molar-refractivity contribution >= 4 is 22.8 Å². The number of aryl methyl sites for hydroxylation is 1. The average molecular weight is 340 g/mol. The highest BCUT2D eigenvalue weighted by atomic mass is 16.5. The van der Waals surface area contributed by atoms with Gasteiger partial charge in [0.25, 0.3) is 0 Å². The predicted molar refractivity (Wildman–Crippen MR) is 94.1 cm³/mol. The van der Waals surface area contributed by atoms with E-state index < -0.39 is 5.97 Å². The third-order valence-electron chi connectivity index (χ3n) is 4.06. The van der Waals surface area contributed by atoms with E-state index in [1.54, 1.807) is 18.5 Å². The fraction of sp³-hybridized carbons (Fsp3) is 0.294. The fourth-order valence-electron chi connectivity index (χ4n) is 2.83. The average Bonchev–Trinajstić information content (AvgIpc) is 3.05. The Morgan fingerprint density at radius 2 is 2.08 bits per heavy atom. The molecule has 1 atom stereocenters. The van der Waals surface area contributed by atoms with Gasteiger partial charge in [0.05, 0.1) is 18.3 Å². The van der Waals surface area contributed by atoms with Gasteiger partial charge in [0.1, 0.15) is 11.1 Å². The van der Waals surface area contributed by atoms with Gasteiger partial charge in [0.15, 0.2) is 11.3 Å². The third kappa shape index (κ3) is 2.91. The number of aromatic nitrogens is 4. The molecule has 0 amide bonds. The number of esters is 1. The first kappa shape index (κ1) is 16.8. The van der Waals surface area contributed by atoms with E-state index >= 15 is 0 Å². The molecule has 0 aliphatic rings. The van der Waals surface area contributed by atoms with Crippen molar-refractivity contribution in [3.63, 3.8) is 0 Å². The second-order valence-electron chi connectivity index (χ2n) is 5.60. The van der Waals surface area contributed by atoms with Crippen LogP contribution in [0.1, 0.15) is 41.5 Å². The van der Waals surface area contributed by atoms with E-state index in [0.29, 0.717) is 28.1 Å². The third-order valence-corrected chi connectivity index (χ3v) is 4.06. The van der Waals surface area contributed by atoms with E-state index in [4.69, 9.17) is 10.6 Å². The standard InChI is InChI=1S/C17H20N6O2/c1-4-25-17(24)13-10(2)19-16(20-18)14-15(13)23(22-21-14)11(3)12-8-6-5-7-9-12/h5-9,11H,4,18H2,1-3H3,(H,19,20). The number of carbonyl (C=O) groups is 1. The van der Waals surface area contributed by atoms with Crippen molar-refractivity contribution in [3.8, 4) is 0 Å². The van der Waals surface area contributed by atoms with Gasteiger partial charge in [-0.1, -0.05) is 35.5 Å². The second-order valence-corrected chi connectivity index (χ2v) is 5.60. The lowest BCUT2D eigenvalue weighted by atomic mass is 10.1. The van der Waals surface area contributed by atoms with Crippen LogP contribution in [0.15, 0.2) is 30.3 Å². The summed E-state index contributed by atoms with van der Waals surface area (Å²) in [6.07, 6.45) is 0. The summed E-state index contributed by atoms with van der Waals surface area (Å²) in [4.78, 5) is 16.8. The van der Waals surface area contributed by atoms with Gasteiger partial charge < -0.3 is 10.2 Å². The summed E-state index contributed by atoms with van der Waals surface area (Å²) in [5.74, 6) is 5.47. The number of ether oxygens (including phenoxy) is 1. The highest BCUT2D eigenvalue weighted by Gasteiger charge is 2.25. The molecule has 0 bridgehead atoms. The largest absolute Gasteiger partial charge is 0.462 e. The van der Waals surface area contributed by atoms with Crippen molar-refractivity contribution in [2.24, 2.45) is 5.84 Å². The molecule has 8 heteroatoms. The molecule has 3 N–H and O–H groups in total. The van der Waals surface area contributed by atoms with Crippen LogP contribution in [0.4, 0.5) is 5.82 Å². The number of carbonyl (C=O) groups excluding carboxylic acids is 1. The molecule has 3 aromatic rings. The summed E-state index contributed by atoms with van der Waals surface area (Å²) in [7, 11) is 0. The number of anilines is 1. The Hall–Kier alpha value is -3.00. The van der Waals surface area contributed by atoms with Crippen LogP contribution in [-0.2, 0) is 4.74 Å². The second kappa shape index (κ2) is 6.86. The number of nitrogen functional groups attached to an aromatic ring is 1. The number of hydrogen-bond donors (Lipinski definition) is 2. The summed E-state index contributed by atoms with van der Waals surface area (Å²) in [5.41, 5.74) is 5.40. The molecule has 8 nitrogen and oxygen atoms in total. The molecule has 0 spiro atoms. The maximum absolute atomic E-state index is 12.5. The zero-order chi connectivity index (χ0) is 18.0. The van der Waals surface area contributed by atoms with E-state index in [0.717, 1.165) is 5.56 Å². The SMILES string of the molecule is CCOC(=O)c1c(C)nc(NN)c2nnn(C(C)c3ccccc3)c12. The van der Waals surface area contributed by atoms with Crippen LogP contribution in [0.5, 0.6) is 0 Å². The van der Waals surface area contributed by atoms with Crippen LogP contribution >= 0.6 is 0 Å². The number of rotatable bonds is 5. The molecule has 25 heavy (non-hydrogen) atoms. The van der Waals surface area contributed by atoms with Crippen LogP contribution in [0, 0.1) is 6.92 Å². The highest BCUT2D eigenvalue weighted by Crippen LogP contribution is 2.29. The van der Waals surface area contributed by atoms with E-state index in [-0.39, 0.29) is 12.6 Å². The van der Waals surface area contributed by atoms with Crippen LogP contribution in [0.3, 0.4) is 0 Å². The van der Waals surface area contributed by atoms with Gasteiger partial charge in [0.2, 0.25) is 0 Å². The number of nitrogens with zero attached hydrogens (tertiary/aromatic N) is 4. The number of nitrogens with two attached hydrogens (primary N) is 1. The molecule has 2 aromatic heterocycles. The minimum atomic E-state index is -0.454. The molecule has 130 valence electrons. The van der Waals surface area contributed by atoms with E-state index in [1.807, 2.05) is 37.3 Å². The number of fused-ring (bicyclic) bond motifs is 1. The molecule has 0 saturated carbocycles. The Balaban J connectivity index is 2.26. The summed E-state index contributed by atoms with van der Waals surface area (Å²) >= 11 is 0. The van der Waals surface area contributed by atoms with E-state index in [9.17, 15) is 4.79 Å². The van der Waals surface area contributed by atoms with Gasteiger partial charge in [-0.25, -0.2) is 20.3 Å². The topological polar surface area (TPSA) is 108 Å². The van der Waals surface area contributed by atoms with Crippen molar-refractivity contribution in [3.05, 3.63) is 47.2 Å². The number of pyridine rings is 1. The van der Waals surface area contributed by atoms with Crippen molar-refractivity contribution in [1.82, 2.24) is 20.0 Å². The van der Waals surface area contributed by atoms with Crippen molar-refractivity contribution in [2.75, 3.05) is 12.0 Å². The molecule has 0 saturated heterocycles. The van der Waals surface area contributed by atoms with E-state index in [1.165, 1.54) is 0 Å². The first-order valence-electron chi connectivity index (χ1n) is 8.02. The smallest absolute Gasteiger partial charge is 0.342 e. The van der Waals surface area contributed by atoms with Crippen LogP contribution in [-0.4, -0.2) is 32.6 Å². The number of benzene rings is 1. The summed E-state index contributed by atoms with van der Waals surface area (Å²) in [6, 6.07) is 9.72. The monoisotopic (exact) mass is 340 g/mol. The maximum Gasteiger partial charge on any atom is 0.342 e. The molecule has 1 unspecified atom stereocenters. The Bertz CT molecular complexity index is 906. The Morgan fingerprint density at radius 1 is 1.36 bits per heavy atom. The van der Waals surface area contributed by atoms with Gasteiger partial charge >= 0.3 is 5.97 Å². The maximum atomic E-state index is 12.5.